The quantitative estimate of drug-likeness (QED) is 0.936. The van der Waals surface area contributed by atoms with Crippen molar-refractivity contribution in [3.8, 4) is 5.75 Å². The molecule has 1 amide bonds. The van der Waals surface area contributed by atoms with Crippen molar-refractivity contribution in [2.75, 3.05) is 0 Å². The highest BCUT2D eigenvalue weighted by molar-refractivity contribution is 5.93. The molecule has 0 unspecified atom stereocenters. The van der Waals surface area contributed by atoms with E-state index in [2.05, 4.69) is 0 Å². The lowest BCUT2D eigenvalue weighted by molar-refractivity contribution is 0.0991. The molecule has 0 fully saturated rings. The molecule has 0 aliphatic rings. The highest BCUT2D eigenvalue weighted by atomic mass is 19.1. The van der Waals surface area contributed by atoms with Gasteiger partial charge in [0.05, 0.1) is 12.5 Å². The molecule has 2 rings (SSSR count). The van der Waals surface area contributed by atoms with Gasteiger partial charge >= 0.3 is 0 Å². The summed E-state index contributed by atoms with van der Waals surface area (Å²) in [5.74, 6) is -3.55. The molecule has 0 bridgehead atoms. The molecule has 4 nitrogen and oxygen atoms in total. The number of benzene rings is 1. The maximum Gasteiger partial charge on any atom is 0.254 e. The van der Waals surface area contributed by atoms with E-state index in [1.54, 1.807) is 6.07 Å². The van der Waals surface area contributed by atoms with E-state index in [0.717, 1.165) is 12.1 Å². The summed E-state index contributed by atoms with van der Waals surface area (Å²) < 4.78 is 36.8. The zero-order valence-electron chi connectivity index (χ0n) is 11.2. The lowest BCUT2D eigenvalue weighted by Crippen LogP contribution is -2.16. The number of hydrogen-bond acceptors (Lipinski definition) is 3. The molecule has 1 aromatic carbocycles. The maximum absolute atomic E-state index is 13.7. The van der Waals surface area contributed by atoms with Gasteiger partial charge in [0.25, 0.3) is 5.91 Å². The first-order valence-electron chi connectivity index (χ1n) is 6.01. The van der Waals surface area contributed by atoms with Crippen LogP contribution in [-0.2, 0) is 6.61 Å². The summed E-state index contributed by atoms with van der Waals surface area (Å²) >= 11 is 0. The van der Waals surface area contributed by atoms with Gasteiger partial charge in [-0.2, -0.15) is 0 Å². The second-order valence-corrected chi connectivity index (χ2v) is 3.52. The number of carbonyl (C=O) groups excluding carboxylic acids is 1. The van der Waals surface area contributed by atoms with E-state index < -0.39 is 23.1 Å². The van der Waals surface area contributed by atoms with E-state index in [0.29, 0.717) is 5.56 Å². The second-order valence-electron chi connectivity index (χ2n) is 3.52. The number of furan rings is 1. The van der Waals surface area contributed by atoms with E-state index in [1.807, 2.05) is 13.8 Å². The summed E-state index contributed by atoms with van der Waals surface area (Å²) in [6.45, 7) is 4.04. The minimum Gasteiger partial charge on any atom is -0.486 e. The number of ether oxygens (including phenoxy) is 1. The van der Waals surface area contributed by atoms with Crippen LogP contribution in [0.25, 0.3) is 0 Å². The number of halogens is 2. The Balaban J connectivity index is 0.000000956. The van der Waals surface area contributed by atoms with Gasteiger partial charge in [-0.15, -0.1) is 0 Å². The van der Waals surface area contributed by atoms with Gasteiger partial charge in [-0.05, 0) is 18.2 Å². The van der Waals surface area contributed by atoms with Crippen molar-refractivity contribution in [1.29, 1.82) is 0 Å². The third-order valence-electron chi connectivity index (χ3n) is 2.28. The summed E-state index contributed by atoms with van der Waals surface area (Å²) in [5, 5.41) is 0. The molecule has 0 spiro atoms. The molecular formula is C14H15F2NO3. The van der Waals surface area contributed by atoms with Crippen LogP contribution in [0.4, 0.5) is 8.78 Å². The van der Waals surface area contributed by atoms with E-state index >= 15 is 0 Å². The monoisotopic (exact) mass is 283 g/mol. The minimum absolute atomic E-state index is 0.0389. The standard InChI is InChI=1S/C12H9F2NO3.C2H6/c13-8-1-2-9(11(14)10(8)12(15)16)18-6-7-3-4-17-5-7;1-2/h1-5H,6H2,(H2,15,16);1-2H3. The van der Waals surface area contributed by atoms with Gasteiger partial charge in [0.2, 0.25) is 0 Å². The molecule has 0 aliphatic carbocycles. The summed E-state index contributed by atoms with van der Waals surface area (Å²) in [7, 11) is 0. The van der Waals surface area contributed by atoms with Crippen molar-refractivity contribution in [3.63, 3.8) is 0 Å². The SMILES string of the molecule is CC.NC(=O)c1c(F)ccc(OCc2ccoc2)c1F. The van der Waals surface area contributed by atoms with Crippen LogP contribution >= 0.6 is 0 Å². The predicted molar refractivity (Wildman–Crippen MR) is 69.3 cm³/mol. The molecule has 2 N–H and O–H groups in total. The topological polar surface area (TPSA) is 65.5 Å². The molecule has 0 saturated carbocycles. The van der Waals surface area contributed by atoms with Gasteiger partial charge in [-0.3, -0.25) is 4.79 Å². The average Bonchev–Trinajstić information content (AvgIpc) is 2.93. The van der Waals surface area contributed by atoms with Crippen molar-refractivity contribution in [2.45, 2.75) is 20.5 Å². The fraction of sp³-hybridized carbons (Fsp3) is 0.214. The van der Waals surface area contributed by atoms with Crippen LogP contribution in [-0.4, -0.2) is 5.91 Å². The zero-order chi connectivity index (χ0) is 15.1. The normalized spacial score (nSPS) is 9.60. The third-order valence-corrected chi connectivity index (χ3v) is 2.28. The first-order chi connectivity index (χ1) is 9.59. The van der Waals surface area contributed by atoms with Crippen molar-refractivity contribution < 1.29 is 22.7 Å². The average molecular weight is 283 g/mol. The van der Waals surface area contributed by atoms with Crippen molar-refractivity contribution in [3.05, 3.63) is 53.5 Å². The molecule has 0 saturated heterocycles. The van der Waals surface area contributed by atoms with Gasteiger partial charge in [-0.1, -0.05) is 13.8 Å². The molecule has 108 valence electrons. The fourth-order valence-electron chi connectivity index (χ4n) is 1.41. The van der Waals surface area contributed by atoms with Gasteiger partial charge in [0.15, 0.2) is 11.6 Å². The minimum atomic E-state index is -1.18. The van der Waals surface area contributed by atoms with E-state index in [4.69, 9.17) is 14.9 Å². The van der Waals surface area contributed by atoms with Gasteiger partial charge in [0.1, 0.15) is 18.0 Å². The fourth-order valence-corrected chi connectivity index (χ4v) is 1.41. The van der Waals surface area contributed by atoms with Crippen LogP contribution in [0.15, 0.2) is 35.1 Å². The lowest BCUT2D eigenvalue weighted by atomic mass is 10.1. The van der Waals surface area contributed by atoms with Crippen LogP contribution in [0.3, 0.4) is 0 Å². The number of primary amides is 1. The van der Waals surface area contributed by atoms with Gasteiger partial charge < -0.3 is 14.9 Å². The van der Waals surface area contributed by atoms with Crippen molar-refractivity contribution in [1.82, 2.24) is 0 Å². The smallest absolute Gasteiger partial charge is 0.254 e. The Morgan fingerprint density at radius 2 is 2.00 bits per heavy atom. The van der Waals surface area contributed by atoms with Crippen molar-refractivity contribution >= 4 is 5.91 Å². The third kappa shape index (κ3) is 3.57. The number of nitrogens with two attached hydrogens (primary N) is 1. The highest BCUT2D eigenvalue weighted by Gasteiger charge is 2.19. The Hall–Kier alpha value is -2.37. The van der Waals surface area contributed by atoms with Crippen LogP contribution in [0.5, 0.6) is 5.75 Å². The summed E-state index contributed by atoms with van der Waals surface area (Å²) in [6, 6.07) is 3.65. The lowest BCUT2D eigenvalue weighted by Gasteiger charge is -2.08. The van der Waals surface area contributed by atoms with Gasteiger partial charge in [-0.25, -0.2) is 8.78 Å². The van der Waals surface area contributed by atoms with Crippen molar-refractivity contribution in [2.24, 2.45) is 5.73 Å². The van der Waals surface area contributed by atoms with E-state index in [1.165, 1.54) is 12.5 Å². The Kier molecular flexibility index (Phi) is 5.71. The van der Waals surface area contributed by atoms with Gasteiger partial charge in [0, 0.05) is 5.56 Å². The van der Waals surface area contributed by atoms with Crippen LogP contribution in [0, 0.1) is 11.6 Å². The van der Waals surface area contributed by atoms with Crippen LogP contribution < -0.4 is 10.5 Å². The Bertz CT molecular complexity index is 568. The Morgan fingerprint density at radius 1 is 1.30 bits per heavy atom. The zero-order valence-corrected chi connectivity index (χ0v) is 11.2. The highest BCUT2D eigenvalue weighted by Crippen LogP contribution is 2.23. The first kappa shape index (κ1) is 15.7. The number of hydrogen-bond donors (Lipinski definition) is 1. The molecule has 6 heteroatoms. The Labute approximate surface area is 115 Å². The van der Waals surface area contributed by atoms with Crippen LogP contribution in [0.1, 0.15) is 29.8 Å². The summed E-state index contributed by atoms with van der Waals surface area (Å²) in [6.07, 6.45) is 2.87. The Morgan fingerprint density at radius 3 is 2.55 bits per heavy atom. The molecule has 0 aliphatic heterocycles. The molecule has 2 aromatic rings. The number of carbonyl (C=O) groups is 1. The summed E-state index contributed by atoms with van der Waals surface area (Å²) in [4.78, 5) is 10.9. The molecule has 0 atom stereocenters. The van der Waals surface area contributed by atoms with E-state index in [-0.39, 0.29) is 12.4 Å². The summed E-state index contributed by atoms with van der Waals surface area (Å²) in [5.41, 5.74) is 4.76. The van der Waals surface area contributed by atoms with E-state index in [9.17, 15) is 13.6 Å². The second kappa shape index (κ2) is 7.28. The van der Waals surface area contributed by atoms with Crippen LogP contribution in [0.2, 0.25) is 0 Å². The molecular weight excluding hydrogens is 268 g/mol. The maximum atomic E-state index is 13.7. The predicted octanol–water partition coefficient (Wildman–Crippen LogP) is 3.26. The first-order valence-corrected chi connectivity index (χ1v) is 6.01. The molecule has 0 radical (unpaired) electrons. The number of rotatable bonds is 4. The number of amides is 1. The molecule has 20 heavy (non-hydrogen) atoms. The molecule has 1 heterocycles. The molecule has 1 aromatic heterocycles. The largest absolute Gasteiger partial charge is 0.486 e.